The van der Waals surface area contributed by atoms with Crippen LogP contribution in [0.4, 0.5) is 13.2 Å². The molecule has 7 nitrogen and oxygen atoms in total. The summed E-state index contributed by atoms with van der Waals surface area (Å²) in [5, 5.41) is 22.2. The zero-order valence-corrected chi connectivity index (χ0v) is 19.8. The van der Waals surface area contributed by atoms with Gasteiger partial charge >= 0.3 is 6.18 Å². The van der Waals surface area contributed by atoms with Crippen molar-refractivity contribution in [3.8, 4) is 22.9 Å². The summed E-state index contributed by atoms with van der Waals surface area (Å²) in [5.41, 5.74) is 1.90. The lowest BCUT2D eigenvalue weighted by Gasteiger charge is -2.20. The number of hydrogen-bond donors (Lipinski definition) is 1. The Morgan fingerprint density at radius 3 is 2.20 bits per heavy atom. The summed E-state index contributed by atoms with van der Waals surface area (Å²) in [4.78, 5) is 22.0. The van der Waals surface area contributed by atoms with Gasteiger partial charge in [0.25, 0.3) is 5.56 Å². The number of carbonyl (C=O) groups is 1. The second kappa shape index (κ2) is 11.1. The highest BCUT2D eigenvalue weighted by atomic mass is 19.4. The number of carboxylic acids is 1. The molecule has 186 valence electrons. The number of aliphatic carboxylic acids is 1. The molecule has 1 aromatic heterocycles. The summed E-state index contributed by atoms with van der Waals surface area (Å²) >= 11 is 0. The maximum absolute atomic E-state index is 13.3. The smallest absolute Gasteiger partial charge is 0.430 e. The number of alkyl halides is 3. The fraction of sp³-hybridized carbons (Fsp3) is 0.320. The van der Waals surface area contributed by atoms with Crippen molar-refractivity contribution in [2.45, 2.75) is 39.0 Å². The van der Waals surface area contributed by atoms with Crippen molar-refractivity contribution in [1.29, 1.82) is 5.26 Å². The Morgan fingerprint density at radius 2 is 1.71 bits per heavy atom. The average Bonchev–Trinajstić information content (AvgIpc) is 2.79. The quantitative estimate of drug-likeness (QED) is 0.591. The van der Waals surface area contributed by atoms with E-state index in [1.54, 1.807) is 17.7 Å². The van der Waals surface area contributed by atoms with Crippen LogP contribution in [0.15, 0.2) is 53.3 Å². The van der Waals surface area contributed by atoms with Crippen molar-refractivity contribution >= 4 is 16.7 Å². The first-order valence-electron chi connectivity index (χ1n) is 10.6. The minimum atomic E-state index is -5.19. The van der Waals surface area contributed by atoms with Crippen LogP contribution in [0.2, 0.25) is 0 Å². The molecule has 3 aromatic rings. The first kappa shape index (κ1) is 27.4. The number of methoxy groups -OCH3 is 1. The van der Waals surface area contributed by atoms with Gasteiger partial charge in [0.15, 0.2) is 0 Å². The maximum Gasteiger partial charge on any atom is 0.430 e. The Hall–Kier alpha value is -3.84. The third-order valence-corrected chi connectivity index (χ3v) is 4.99. The standard InChI is InChI=1S/C23H25N3O2.C2HF3O2/c1-23(2,3)25-13-14-26-18(15-24)20(16-9-6-5-7-10-16)21-17(22(26)27)11-8-12-19(21)28-4;3-2(4,5)1(6)7/h5-12,25H,13-14H2,1-4H3;(H,6,7). The molecule has 0 saturated heterocycles. The van der Waals surface area contributed by atoms with Gasteiger partial charge in [-0.3, -0.25) is 9.36 Å². The molecule has 0 saturated carbocycles. The van der Waals surface area contributed by atoms with Gasteiger partial charge in [0.2, 0.25) is 0 Å². The number of ether oxygens (including phenoxy) is 1. The predicted octanol–water partition coefficient (Wildman–Crippen LogP) is 2.21. The number of carbonyl (C=O) groups excluding carboxylic acids is 1. The van der Waals surface area contributed by atoms with Crippen LogP contribution in [0.1, 0.15) is 26.5 Å². The van der Waals surface area contributed by atoms with Gasteiger partial charge in [-0.1, -0.05) is 36.4 Å². The van der Waals surface area contributed by atoms with Crippen molar-refractivity contribution < 1.29 is 33.1 Å². The second-order valence-corrected chi connectivity index (χ2v) is 8.69. The number of carboxylic acid groups (broad SMARTS) is 1. The molecule has 2 aromatic carbocycles. The van der Waals surface area contributed by atoms with Crippen LogP contribution in [0.3, 0.4) is 0 Å². The number of quaternary nitrogens is 1. The molecule has 2 N–H and O–H groups in total. The number of fused-ring (bicyclic) bond motifs is 1. The average molecular weight is 489 g/mol. The van der Waals surface area contributed by atoms with E-state index in [9.17, 15) is 23.2 Å². The molecule has 3 rings (SSSR count). The van der Waals surface area contributed by atoms with E-state index in [2.05, 4.69) is 32.2 Å². The minimum absolute atomic E-state index is 0.0543. The first-order chi connectivity index (χ1) is 16.3. The molecule has 0 aliphatic heterocycles. The number of rotatable bonds is 5. The minimum Gasteiger partial charge on any atom is -0.542 e. The highest BCUT2D eigenvalue weighted by Gasteiger charge is 2.28. The number of pyridine rings is 1. The molecule has 0 unspecified atom stereocenters. The van der Waals surface area contributed by atoms with Crippen LogP contribution in [0.25, 0.3) is 21.9 Å². The number of benzene rings is 2. The Morgan fingerprint density at radius 1 is 1.11 bits per heavy atom. The molecule has 0 spiro atoms. The molecule has 0 aliphatic carbocycles. The van der Waals surface area contributed by atoms with Crippen LogP contribution in [-0.4, -0.2) is 35.9 Å². The zero-order chi connectivity index (χ0) is 26.4. The van der Waals surface area contributed by atoms with E-state index in [1.165, 1.54) is 0 Å². The van der Waals surface area contributed by atoms with Crippen LogP contribution in [0, 0.1) is 11.3 Å². The largest absolute Gasteiger partial charge is 0.542 e. The molecular weight excluding hydrogens is 463 g/mol. The Balaban J connectivity index is 0.000000540. The number of nitrogens with zero attached hydrogens (tertiary/aromatic N) is 2. The van der Waals surface area contributed by atoms with E-state index in [1.807, 2.05) is 42.5 Å². The van der Waals surface area contributed by atoms with Crippen molar-refractivity contribution in [3.05, 3.63) is 64.6 Å². The van der Waals surface area contributed by atoms with Gasteiger partial charge < -0.3 is 20.0 Å². The fourth-order valence-corrected chi connectivity index (χ4v) is 3.48. The summed E-state index contributed by atoms with van der Waals surface area (Å²) in [5.74, 6) is -2.41. The third kappa shape index (κ3) is 6.83. The summed E-state index contributed by atoms with van der Waals surface area (Å²) in [6, 6.07) is 17.4. The number of halogens is 3. The van der Waals surface area contributed by atoms with Crippen molar-refractivity contribution in [1.82, 2.24) is 4.57 Å². The Kier molecular flexibility index (Phi) is 8.66. The van der Waals surface area contributed by atoms with Gasteiger partial charge in [-0.25, -0.2) is 0 Å². The Labute approximate surface area is 200 Å². The van der Waals surface area contributed by atoms with E-state index < -0.39 is 12.1 Å². The lowest BCUT2D eigenvalue weighted by Crippen LogP contribution is -2.94. The summed E-state index contributed by atoms with van der Waals surface area (Å²) < 4.78 is 38.7. The van der Waals surface area contributed by atoms with Gasteiger partial charge in [-0.05, 0) is 38.5 Å². The van der Waals surface area contributed by atoms with Crippen molar-refractivity contribution in [2.24, 2.45) is 0 Å². The highest BCUT2D eigenvalue weighted by molar-refractivity contribution is 6.02. The molecule has 0 fully saturated rings. The zero-order valence-electron chi connectivity index (χ0n) is 19.8. The summed E-state index contributed by atoms with van der Waals surface area (Å²) in [7, 11) is 1.58. The summed E-state index contributed by atoms with van der Waals surface area (Å²) in [6.07, 6.45) is -5.19. The number of aromatic nitrogens is 1. The highest BCUT2D eigenvalue weighted by Crippen LogP contribution is 2.36. The molecular formula is C25H26F3N3O4. The molecule has 35 heavy (non-hydrogen) atoms. The van der Waals surface area contributed by atoms with E-state index in [0.717, 1.165) is 11.1 Å². The first-order valence-corrected chi connectivity index (χ1v) is 10.6. The second-order valence-electron chi connectivity index (χ2n) is 8.69. The molecule has 0 bridgehead atoms. The van der Waals surface area contributed by atoms with Crippen LogP contribution < -0.4 is 20.7 Å². The van der Waals surface area contributed by atoms with Gasteiger partial charge in [0, 0.05) is 10.9 Å². The molecule has 0 amide bonds. The maximum atomic E-state index is 13.3. The van der Waals surface area contributed by atoms with Crippen LogP contribution in [0.5, 0.6) is 5.75 Å². The SMILES string of the molecule is COc1cccc2c(=O)n(CC[NH2+]C(C)(C)C)c(C#N)c(-c3ccccc3)c12.O=C([O-])C(F)(F)F. The van der Waals surface area contributed by atoms with Crippen molar-refractivity contribution in [3.63, 3.8) is 0 Å². The molecule has 0 atom stereocenters. The van der Waals surface area contributed by atoms with E-state index >= 15 is 0 Å². The van der Waals surface area contributed by atoms with E-state index in [4.69, 9.17) is 14.6 Å². The van der Waals surface area contributed by atoms with Gasteiger partial charge in [-0.2, -0.15) is 18.4 Å². The lowest BCUT2D eigenvalue weighted by molar-refractivity contribution is -0.717. The third-order valence-electron chi connectivity index (χ3n) is 4.99. The Bertz CT molecular complexity index is 1290. The number of hydrogen-bond acceptors (Lipinski definition) is 5. The van der Waals surface area contributed by atoms with E-state index in [-0.39, 0.29) is 11.1 Å². The number of nitrogens with two attached hydrogens (primary N) is 1. The van der Waals surface area contributed by atoms with Gasteiger partial charge in [0.05, 0.1) is 31.1 Å². The molecule has 10 heteroatoms. The van der Waals surface area contributed by atoms with Crippen molar-refractivity contribution in [2.75, 3.05) is 13.7 Å². The normalized spacial score (nSPS) is 11.4. The fourth-order valence-electron chi connectivity index (χ4n) is 3.48. The van der Waals surface area contributed by atoms with Crippen LogP contribution in [-0.2, 0) is 11.3 Å². The molecule has 0 radical (unpaired) electrons. The van der Waals surface area contributed by atoms with Gasteiger partial charge in [0.1, 0.15) is 23.5 Å². The topological polar surface area (TPSA) is 112 Å². The van der Waals surface area contributed by atoms with E-state index in [0.29, 0.717) is 35.3 Å². The monoisotopic (exact) mass is 489 g/mol. The summed E-state index contributed by atoms with van der Waals surface area (Å²) in [6.45, 7) is 7.55. The lowest BCUT2D eigenvalue weighted by atomic mass is 9.96. The molecule has 1 heterocycles. The van der Waals surface area contributed by atoms with Crippen LogP contribution >= 0.6 is 0 Å². The number of nitriles is 1. The molecule has 0 aliphatic rings. The van der Waals surface area contributed by atoms with Gasteiger partial charge in [-0.15, -0.1) is 0 Å². The predicted molar refractivity (Wildman–Crippen MR) is 123 cm³/mol.